The molecule has 0 saturated heterocycles. The summed E-state index contributed by atoms with van der Waals surface area (Å²) >= 11 is 2.12. The van der Waals surface area contributed by atoms with E-state index in [1.54, 1.807) is 6.08 Å². The highest BCUT2D eigenvalue weighted by molar-refractivity contribution is 14.1. The smallest absolute Gasteiger partial charge is 0.245 e. The van der Waals surface area contributed by atoms with Gasteiger partial charge in [-0.2, -0.15) is 0 Å². The van der Waals surface area contributed by atoms with E-state index in [1.165, 1.54) is 19.3 Å². The molecule has 4 heteroatoms. The van der Waals surface area contributed by atoms with Crippen LogP contribution in [0, 0.1) is 29.2 Å². The standard InChI is InChI=1S/C20H32INOSi/c1-18(2)17-22-20(23)16-19(21)14-12-10-8-6-7-9-11-13-15-24(3,4)5/h16,18H,6-11,17H2,1-5H3,(H,22,23). The van der Waals surface area contributed by atoms with Crippen molar-refractivity contribution in [2.45, 2.75) is 72.0 Å². The van der Waals surface area contributed by atoms with Crippen LogP contribution in [0.25, 0.3) is 0 Å². The number of carbonyl (C=O) groups is 1. The highest BCUT2D eigenvalue weighted by Crippen LogP contribution is 2.07. The summed E-state index contributed by atoms with van der Waals surface area (Å²) in [6.07, 6.45) is 8.26. The van der Waals surface area contributed by atoms with Gasteiger partial charge in [-0.3, -0.25) is 4.79 Å². The second-order valence-corrected chi connectivity index (χ2v) is 13.3. The first-order chi connectivity index (χ1) is 11.2. The van der Waals surface area contributed by atoms with Crippen LogP contribution in [0.5, 0.6) is 0 Å². The summed E-state index contributed by atoms with van der Waals surface area (Å²) in [5, 5.41) is 2.86. The van der Waals surface area contributed by atoms with E-state index in [-0.39, 0.29) is 5.91 Å². The maximum absolute atomic E-state index is 11.6. The van der Waals surface area contributed by atoms with Crippen LogP contribution in [0.3, 0.4) is 0 Å². The third kappa shape index (κ3) is 17.6. The van der Waals surface area contributed by atoms with Crippen molar-refractivity contribution >= 4 is 36.6 Å². The minimum Gasteiger partial charge on any atom is -0.352 e. The molecule has 0 atom stereocenters. The molecule has 0 aliphatic heterocycles. The molecule has 1 amide bonds. The van der Waals surface area contributed by atoms with Crippen LogP contribution in [0.15, 0.2) is 9.66 Å². The fourth-order valence-electron chi connectivity index (χ4n) is 1.76. The Morgan fingerprint density at radius 3 is 2.21 bits per heavy atom. The molecule has 0 aliphatic rings. The Labute approximate surface area is 163 Å². The first-order valence-electron chi connectivity index (χ1n) is 8.84. The lowest BCUT2D eigenvalue weighted by atomic mass is 10.1. The first kappa shape index (κ1) is 23.3. The Morgan fingerprint density at radius 1 is 1.08 bits per heavy atom. The molecule has 1 N–H and O–H groups in total. The highest BCUT2D eigenvalue weighted by atomic mass is 127. The molecule has 0 spiro atoms. The van der Waals surface area contributed by atoms with E-state index in [0.29, 0.717) is 12.5 Å². The van der Waals surface area contributed by atoms with Crippen molar-refractivity contribution < 1.29 is 4.79 Å². The number of hydrogen-bond acceptors (Lipinski definition) is 1. The third-order valence-corrected chi connectivity index (χ3v) is 4.47. The summed E-state index contributed by atoms with van der Waals surface area (Å²) in [5.41, 5.74) is 3.40. The van der Waals surface area contributed by atoms with Crippen molar-refractivity contribution in [2.24, 2.45) is 5.92 Å². The Kier molecular flexibility index (Phi) is 13.1. The molecular formula is C20H32INOSi. The highest BCUT2D eigenvalue weighted by Gasteiger charge is 2.06. The van der Waals surface area contributed by atoms with Gasteiger partial charge in [0.1, 0.15) is 8.07 Å². The van der Waals surface area contributed by atoms with Crippen molar-refractivity contribution in [3.05, 3.63) is 9.66 Å². The predicted molar refractivity (Wildman–Crippen MR) is 117 cm³/mol. The number of unbranched alkanes of at least 4 members (excludes halogenated alkanes) is 5. The van der Waals surface area contributed by atoms with Gasteiger partial charge >= 0.3 is 0 Å². The molecule has 0 aromatic carbocycles. The zero-order chi connectivity index (χ0) is 18.4. The van der Waals surface area contributed by atoms with Gasteiger partial charge in [-0.15, -0.1) is 11.5 Å². The molecule has 0 radical (unpaired) electrons. The summed E-state index contributed by atoms with van der Waals surface area (Å²) < 4.78 is 0.801. The Balaban J connectivity index is 3.79. The predicted octanol–water partition coefficient (Wildman–Crippen LogP) is 5.30. The lowest BCUT2D eigenvalue weighted by Gasteiger charge is -2.04. The molecule has 0 bridgehead atoms. The minimum absolute atomic E-state index is 0.0539. The van der Waals surface area contributed by atoms with Crippen molar-refractivity contribution in [3.63, 3.8) is 0 Å². The average Bonchev–Trinajstić information content (AvgIpc) is 2.46. The molecule has 0 heterocycles. The lowest BCUT2D eigenvalue weighted by Crippen LogP contribution is -2.25. The van der Waals surface area contributed by atoms with Gasteiger partial charge in [-0.05, 0) is 41.4 Å². The number of rotatable bonds is 8. The van der Waals surface area contributed by atoms with Crippen LogP contribution in [0.4, 0.5) is 0 Å². The van der Waals surface area contributed by atoms with E-state index in [9.17, 15) is 4.79 Å². The van der Waals surface area contributed by atoms with Gasteiger partial charge in [0.05, 0.1) is 3.58 Å². The quantitative estimate of drug-likeness (QED) is 0.173. The van der Waals surface area contributed by atoms with Gasteiger partial charge in [0.15, 0.2) is 0 Å². The van der Waals surface area contributed by atoms with Crippen molar-refractivity contribution in [3.8, 4) is 23.3 Å². The number of amides is 1. The van der Waals surface area contributed by atoms with Gasteiger partial charge in [0.2, 0.25) is 5.91 Å². The molecule has 24 heavy (non-hydrogen) atoms. The molecule has 0 aliphatic carbocycles. The number of carbonyl (C=O) groups excluding carboxylic acids is 1. The summed E-state index contributed by atoms with van der Waals surface area (Å²) in [7, 11) is -1.19. The van der Waals surface area contributed by atoms with Crippen molar-refractivity contribution in [1.29, 1.82) is 0 Å². The van der Waals surface area contributed by atoms with Gasteiger partial charge in [-0.25, -0.2) is 0 Å². The van der Waals surface area contributed by atoms with Crippen LogP contribution in [0.2, 0.25) is 19.6 Å². The second kappa shape index (κ2) is 13.6. The molecule has 0 aromatic heterocycles. The van der Waals surface area contributed by atoms with Crippen LogP contribution in [0.1, 0.15) is 52.4 Å². The van der Waals surface area contributed by atoms with Crippen LogP contribution < -0.4 is 5.32 Å². The second-order valence-electron chi connectivity index (χ2n) is 7.40. The lowest BCUT2D eigenvalue weighted by molar-refractivity contribution is -0.116. The number of hydrogen-bond donors (Lipinski definition) is 1. The van der Waals surface area contributed by atoms with Gasteiger partial charge in [0, 0.05) is 25.5 Å². The van der Waals surface area contributed by atoms with E-state index in [4.69, 9.17) is 0 Å². The fraction of sp³-hybridized carbons (Fsp3) is 0.650. The van der Waals surface area contributed by atoms with E-state index in [0.717, 1.165) is 22.8 Å². The summed E-state index contributed by atoms with van der Waals surface area (Å²) in [6, 6.07) is 0. The minimum atomic E-state index is -1.19. The Hall–Kier alpha value is -0.723. The number of nitrogens with one attached hydrogen (secondary N) is 1. The molecule has 0 unspecified atom stereocenters. The molecule has 0 rings (SSSR count). The Bertz CT molecular complexity index is 524. The molecule has 134 valence electrons. The summed E-state index contributed by atoms with van der Waals surface area (Å²) in [6.45, 7) is 11.7. The van der Waals surface area contributed by atoms with Crippen LogP contribution in [-0.2, 0) is 4.79 Å². The van der Waals surface area contributed by atoms with E-state index in [2.05, 4.69) is 84.7 Å². The van der Waals surface area contributed by atoms with E-state index in [1.807, 2.05) is 0 Å². The van der Waals surface area contributed by atoms with Crippen LogP contribution in [-0.4, -0.2) is 20.5 Å². The zero-order valence-electron chi connectivity index (χ0n) is 15.9. The Morgan fingerprint density at radius 2 is 1.67 bits per heavy atom. The normalized spacial score (nSPS) is 11.4. The van der Waals surface area contributed by atoms with E-state index >= 15 is 0 Å². The van der Waals surface area contributed by atoms with Gasteiger partial charge < -0.3 is 5.32 Å². The monoisotopic (exact) mass is 457 g/mol. The van der Waals surface area contributed by atoms with Crippen molar-refractivity contribution in [1.82, 2.24) is 5.32 Å². The number of allylic oxidation sites excluding steroid dienone is 1. The van der Waals surface area contributed by atoms with E-state index < -0.39 is 8.07 Å². The van der Waals surface area contributed by atoms with Crippen LogP contribution >= 0.6 is 22.6 Å². The molecule has 0 saturated carbocycles. The molecule has 0 aromatic rings. The summed E-state index contributed by atoms with van der Waals surface area (Å²) in [4.78, 5) is 11.6. The molecular weight excluding hydrogens is 425 g/mol. The zero-order valence-corrected chi connectivity index (χ0v) is 19.0. The largest absolute Gasteiger partial charge is 0.352 e. The van der Waals surface area contributed by atoms with Crippen molar-refractivity contribution in [2.75, 3.05) is 6.54 Å². The first-order valence-corrected chi connectivity index (χ1v) is 13.4. The maximum atomic E-state index is 11.6. The summed E-state index contributed by atoms with van der Waals surface area (Å²) in [5.74, 6) is 9.92. The van der Waals surface area contributed by atoms with Gasteiger partial charge in [0.25, 0.3) is 0 Å². The molecule has 2 nitrogen and oxygen atoms in total. The topological polar surface area (TPSA) is 29.1 Å². The maximum Gasteiger partial charge on any atom is 0.245 e. The number of halogens is 1. The SMILES string of the molecule is CC(C)CNC(=O)C=C(I)C#CCCCCCCC#C[Si](C)(C)C. The van der Waals surface area contributed by atoms with Gasteiger partial charge in [-0.1, -0.05) is 58.2 Å². The average molecular weight is 457 g/mol. The molecule has 0 fully saturated rings. The third-order valence-electron chi connectivity index (χ3n) is 2.97. The fourth-order valence-corrected chi connectivity index (χ4v) is 2.89.